The van der Waals surface area contributed by atoms with Crippen LogP contribution in [0.3, 0.4) is 0 Å². The highest BCUT2D eigenvalue weighted by Gasteiger charge is 2.54. The van der Waals surface area contributed by atoms with Gasteiger partial charge in [-0.25, -0.2) is 0 Å². The summed E-state index contributed by atoms with van der Waals surface area (Å²) in [7, 11) is 0.945. The summed E-state index contributed by atoms with van der Waals surface area (Å²) in [6.45, 7) is 9.84. The molecule has 1 fully saturated rings. The Morgan fingerprint density at radius 2 is 1.47 bits per heavy atom. The van der Waals surface area contributed by atoms with E-state index in [1.807, 2.05) is 39.8 Å². The summed E-state index contributed by atoms with van der Waals surface area (Å²) in [6, 6.07) is 20.8. The number of likely N-dealkylation sites (N-methyl/N-ethyl adjacent to an activating group) is 1. The Balaban J connectivity index is 1.66. The molecule has 2 aliphatic rings. The zero-order valence-corrected chi connectivity index (χ0v) is 23.3. The molecule has 0 spiro atoms. The molecule has 1 amide bonds. The van der Waals surface area contributed by atoms with Crippen LogP contribution >= 0.6 is 0 Å². The van der Waals surface area contributed by atoms with Crippen molar-refractivity contribution in [3.8, 4) is 0 Å². The fourth-order valence-corrected chi connectivity index (χ4v) is 5.23. The summed E-state index contributed by atoms with van der Waals surface area (Å²) in [5.41, 5.74) is 4.30. The second-order valence-corrected chi connectivity index (χ2v) is 11.2. The molecule has 3 aromatic rings. The summed E-state index contributed by atoms with van der Waals surface area (Å²) >= 11 is 0. The number of hydrogen-bond donors (Lipinski definition) is 3. The maximum absolute atomic E-state index is 13.7. The number of benzene rings is 3. The van der Waals surface area contributed by atoms with Crippen LogP contribution in [-0.4, -0.2) is 38.3 Å². The van der Waals surface area contributed by atoms with E-state index in [-0.39, 0.29) is 5.91 Å². The lowest BCUT2D eigenvalue weighted by Crippen LogP contribution is -2.46. The van der Waals surface area contributed by atoms with Crippen LogP contribution in [0.1, 0.15) is 58.6 Å². The van der Waals surface area contributed by atoms with Crippen molar-refractivity contribution in [3.63, 3.8) is 0 Å². The molecular weight excluding hydrogens is 472 g/mol. The zero-order chi connectivity index (χ0) is 27.1. The third-order valence-electron chi connectivity index (χ3n) is 8.13. The first kappa shape index (κ1) is 26.4. The molecule has 6 nitrogen and oxygen atoms in total. The van der Waals surface area contributed by atoms with E-state index in [0.717, 1.165) is 52.4 Å². The average Bonchev–Trinajstić information content (AvgIpc) is 3.12. The molecule has 8 heteroatoms. The smallest absolute Gasteiger partial charge is 0.405 e. The number of unbranched alkanes of at least 4 members (excludes halogenated alkanes) is 1. The van der Waals surface area contributed by atoms with Crippen molar-refractivity contribution >= 4 is 47.6 Å². The van der Waals surface area contributed by atoms with Gasteiger partial charge in [0.25, 0.3) is 0 Å². The van der Waals surface area contributed by atoms with Gasteiger partial charge in [0.05, 0.1) is 11.2 Å². The van der Waals surface area contributed by atoms with Crippen LogP contribution in [0.25, 0.3) is 16.2 Å². The number of nitrogens with one attached hydrogen (secondary N) is 3. The highest BCUT2D eigenvalue weighted by Crippen LogP contribution is 2.43. The van der Waals surface area contributed by atoms with Crippen molar-refractivity contribution in [2.45, 2.75) is 65.1 Å². The monoisotopic (exact) mass is 509 g/mol. The summed E-state index contributed by atoms with van der Waals surface area (Å²) in [4.78, 5) is 13.7. The Labute approximate surface area is 226 Å². The minimum Gasteiger partial charge on any atom is -0.405 e. The van der Waals surface area contributed by atoms with E-state index in [1.165, 1.54) is 5.56 Å². The standard InChI is InChI=1S/C30H37B2N3O3/c1-7-8-11-20-16-18-22(19-17-20)26(32-37-29(2,3)30(4,5)38-32)27(28(36)33-6)31-34-23-14-9-12-21-13-10-15-24(35-31)25(21)23/h9-10,12-19,34-35H,7-8,11H2,1-6H3,(H,33,36)/b27-26+. The van der Waals surface area contributed by atoms with Gasteiger partial charge < -0.3 is 25.1 Å². The SMILES string of the molecule is CCCCc1ccc(/C(B2OC(C)(C)C(C)(C)O2)=C(\B2Nc3cccc4cccc(c34)N2)C(=O)NC)cc1. The molecule has 0 bridgehead atoms. The second-order valence-electron chi connectivity index (χ2n) is 11.2. The van der Waals surface area contributed by atoms with Gasteiger partial charge in [0, 0.05) is 29.3 Å². The van der Waals surface area contributed by atoms with Crippen molar-refractivity contribution in [1.29, 1.82) is 0 Å². The third kappa shape index (κ3) is 4.72. The molecular formula is C30H37B2N3O3. The fourth-order valence-electron chi connectivity index (χ4n) is 5.23. The van der Waals surface area contributed by atoms with Crippen molar-refractivity contribution in [3.05, 3.63) is 77.3 Å². The summed E-state index contributed by atoms with van der Waals surface area (Å²) in [5.74, 6) is -0.193. The molecule has 0 aromatic heterocycles. The first-order chi connectivity index (χ1) is 18.1. The molecule has 5 rings (SSSR count). The lowest BCUT2D eigenvalue weighted by Gasteiger charge is -2.32. The summed E-state index contributed by atoms with van der Waals surface area (Å²) in [6.07, 6.45) is 3.32. The number of anilines is 2. The van der Waals surface area contributed by atoms with Crippen molar-refractivity contribution in [2.75, 3.05) is 17.5 Å². The molecule has 38 heavy (non-hydrogen) atoms. The van der Waals surface area contributed by atoms with Gasteiger partial charge in [0.2, 0.25) is 5.91 Å². The molecule has 2 aliphatic heterocycles. The Morgan fingerprint density at radius 1 is 0.895 bits per heavy atom. The van der Waals surface area contributed by atoms with Crippen LogP contribution in [-0.2, 0) is 20.5 Å². The van der Waals surface area contributed by atoms with E-state index in [0.29, 0.717) is 5.47 Å². The third-order valence-corrected chi connectivity index (χ3v) is 8.13. The van der Waals surface area contributed by atoms with Crippen LogP contribution < -0.4 is 15.8 Å². The molecule has 2 heterocycles. The number of aryl methyl sites for hydroxylation is 1. The van der Waals surface area contributed by atoms with Crippen molar-refractivity contribution < 1.29 is 14.1 Å². The topological polar surface area (TPSA) is 71.6 Å². The number of carbonyl (C=O) groups is 1. The summed E-state index contributed by atoms with van der Waals surface area (Å²) < 4.78 is 13.1. The van der Waals surface area contributed by atoms with Gasteiger partial charge in [-0.15, -0.1) is 0 Å². The van der Waals surface area contributed by atoms with Crippen LogP contribution in [0.2, 0.25) is 0 Å². The second kappa shape index (κ2) is 10.2. The number of hydrogen-bond acceptors (Lipinski definition) is 5. The minimum absolute atomic E-state index is 0.193. The summed E-state index contributed by atoms with van der Waals surface area (Å²) in [5, 5.41) is 12.3. The Bertz CT molecular complexity index is 1330. The molecule has 0 aliphatic carbocycles. The number of carbonyl (C=O) groups excluding carboxylic acids is 1. The van der Waals surface area contributed by atoms with Crippen molar-refractivity contribution in [2.24, 2.45) is 0 Å². The predicted octanol–water partition coefficient (Wildman–Crippen LogP) is 5.88. The maximum Gasteiger partial charge on any atom is 0.495 e. The van der Waals surface area contributed by atoms with Crippen molar-refractivity contribution in [1.82, 2.24) is 5.32 Å². The van der Waals surface area contributed by atoms with Gasteiger partial charge >= 0.3 is 14.1 Å². The molecule has 3 aromatic carbocycles. The Morgan fingerprint density at radius 3 is 2.00 bits per heavy atom. The van der Waals surface area contributed by atoms with E-state index in [4.69, 9.17) is 9.31 Å². The lowest BCUT2D eigenvalue weighted by atomic mass is 9.56. The van der Waals surface area contributed by atoms with E-state index < -0.39 is 25.3 Å². The Hall–Kier alpha value is -3.22. The van der Waals surface area contributed by atoms with Crippen LogP contribution in [0.15, 0.2) is 66.1 Å². The number of amides is 1. The average molecular weight is 509 g/mol. The van der Waals surface area contributed by atoms with Crippen LogP contribution in [0, 0.1) is 0 Å². The maximum atomic E-state index is 13.7. The van der Waals surface area contributed by atoms with Gasteiger partial charge in [-0.3, -0.25) is 4.79 Å². The molecule has 0 unspecified atom stereocenters. The normalized spacial score (nSPS) is 18.1. The van der Waals surface area contributed by atoms with Gasteiger partial charge in [-0.2, -0.15) is 0 Å². The van der Waals surface area contributed by atoms with E-state index in [9.17, 15) is 4.79 Å². The molecule has 1 saturated heterocycles. The van der Waals surface area contributed by atoms with E-state index in [1.54, 1.807) is 7.05 Å². The quantitative estimate of drug-likeness (QED) is 0.274. The highest BCUT2D eigenvalue weighted by molar-refractivity contribution is 6.85. The van der Waals surface area contributed by atoms with Gasteiger partial charge in [-0.05, 0) is 74.7 Å². The molecule has 196 valence electrons. The van der Waals surface area contributed by atoms with E-state index >= 15 is 0 Å². The highest BCUT2D eigenvalue weighted by atomic mass is 16.7. The lowest BCUT2D eigenvalue weighted by molar-refractivity contribution is -0.116. The molecule has 0 saturated carbocycles. The zero-order valence-electron chi connectivity index (χ0n) is 23.3. The van der Waals surface area contributed by atoms with Crippen LogP contribution in [0.4, 0.5) is 11.4 Å². The molecule has 0 radical (unpaired) electrons. The molecule has 3 N–H and O–H groups in total. The van der Waals surface area contributed by atoms with Gasteiger partial charge in [0.15, 0.2) is 0 Å². The largest absolute Gasteiger partial charge is 0.495 e. The number of rotatable bonds is 7. The van der Waals surface area contributed by atoms with Gasteiger partial charge in [-0.1, -0.05) is 61.9 Å². The fraction of sp³-hybridized carbons (Fsp3) is 0.367. The van der Waals surface area contributed by atoms with Crippen LogP contribution in [0.5, 0.6) is 0 Å². The predicted molar refractivity (Wildman–Crippen MR) is 159 cm³/mol. The molecule has 0 atom stereocenters. The van der Waals surface area contributed by atoms with E-state index in [2.05, 4.69) is 71.2 Å². The minimum atomic E-state index is -0.717. The Kier molecular flexibility index (Phi) is 7.05. The van der Waals surface area contributed by atoms with Gasteiger partial charge in [0.1, 0.15) is 0 Å². The first-order valence-corrected chi connectivity index (χ1v) is 13.6. The first-order valence-electron chi connectivity index (χ1n) is 13.6.